The van der Waals surface area contributed by atoms with Crippen molar-refractivity contribution in [2.45, 2.75) is 12.8 Å². The van der Waals surface area contributed by atoms with Crippen LogP contribution in [-0.2, 0) is 12.8 Å². The van der Waals surface area contributed by atoms with E-state index in [1.165, 1.54) is 10.4 Å². The number of hydrogen-bond acceptors (Lipinski definition) is 1. The molecule has 0 atom stereocenters. The van der Waals surface area contributed by atoms with E-state index in [1.54, 1.807) is 11.3 Å². The third-order valence-electron chi connectivity index (χ3n) is 2.13. The standard InChI is InChI=1S/C12H11ClS/c13-12-9-8-11(14-12)7-6-10-4-2-1-3-5-10/h1-5,8-9H,6-7H2. The van der Waals surface area contributed by atoms with Crippen LogP contribution >= 0.6 is 22.9 Å². The fraction of sp³-hybridized carbons (Fsp3) is 0.167. The summed E-state index contributed by atoms with van der Waals surface area (Å²) in [6, 6.07) is 14.6. The molecule has 0 nitrogen and oxygen atoms in total. The molecule has 0 radical (unpaired) electrons. The van der Waals surface area contributed by atoms with Gasteiger partial charge < -0.3 is 0 Å². The Morgan fingerprint density at radius 1 is 0.929 bits per heavy atom. The van der Waals surface area contributed by atoms with Gasteiger partial charge in [0.2, 0.25) is 0 Å². The van der Waals surface area contributed by atoms with Crippen molar-refractivity contribution in [2.24, 2.45) is 0 Å². The van der Waals surface area contributed by atoms with Crippen LogP contribution in [0.2, 0.25) is 4.34 Å². The van der Waals surface area contributed by atoms with Crippen LogP contribution in [0, 0.1) is 0 Å². The Morgan fingerprint density at radius 2 is 1.71 bits per heavy atom. The molecular weight excluding hydrogens is 212 g/mol. The zero-order valence-electron chi connectivity index (χ0n) is 7.74. The minimum absolute atomic E-state index is 0.882. The van der Waals surface area contributed by atoms with Gasteiger partial charge in [0.25, 0.3) is 0 Å². The fourth-order valence-electron chi connectivity index (χ4n) is 1.40. The molecule has 2 aromatic rings. The number of aryl methyl sites for hydroxylation is 2. The summed E-state index contributed by atoms with van der Waals surface area (Å²) in [5, 5.41) is 0. The van der Waals surface area contributed by atoms with Crippen LogP contribution < -0.4 is 0 Å². The monoisotopic (exact) mass is 222 g/mol. The van der Waals surface area contributed by atoms with E-state index in [0.717, 1.165) is 17.2 Å². The van der Waals surface area contributed by atoms with Crippen molar-refractivity contribution in [2.75, 3.05) is 0 Å². The van der Waals surface area contributed by atoms with Crippen LogP contribution in [0.3, 0.4) is 0 Å². The van der Waals surface area contributed by atoms with Crippen LogP contribution in [0.1, 0.15) is 10.4 Å². The third kappa shape index (κ3) is 2.60. The lowest BCUT2D eigenvalue weighted by atomic mass is 10.1. The molecule has 1 aromatic carbocycles. The number of thiophene rings is 1. The molecule has 14 heavy (non-hydrogen) atoms. The first-order chi connectivity index (χ1) is 6.84. The topological polar surface area (TPSA) is 0 Å². The molecule has 0 amide bonds. The van der Waals surface area contributed by atoms with Gasteiger partial charge >= 0.3 is 0 Å². The van der Waals surface area contributed by atoms with Gasteiger partial charge in [0.05, 0.1) is 4.34 Å². The molecule has 0 spiro atoms. The fourth-order valence-corrected chi connectivity index (χ4v) is 2.49. The van der Waals surface area contributed by atoms with Crippen LogP contribution in [0.25, 0.3) is 0 Å². The van der Waals surface area contributed by atoms with E-state index in [1.807, 2.05) is 12.1 Å². The smallest absolute Gasteiger partial charge is 0.0931 e. The van der Waals surface area contributed by atoms with E-state index in [-0.39, 0.29) is 0 Å². The van der Waals surface area contributed by atoms with E-state index in [0.29, 0.717) is 0 Å². The summed E-state index contributed by atoms with van der Waals surface area (Å²) in [6.45, 7) is 0. The lowest BCUT2D eigenvalue weighted by molar-refractivity contribution is 0.981. The highest BCUT2D eigenvalue weighted by molar-refractivity contribution is 7.16. The second kappa shape index (κ2) is 4.63. The zero-order chi connectivity index (χ0) is 9.80. The van der Waals surface area contributed by atoms with Crippen molar-refractivity contribution in [3.05, 3.63) is 57.2 Å². The van der Waals surface area contributed by atoms with Crippen LogP contribution in [-0.4, -0.2) is 0 Å². The van der Waals surface area contributed by atoms with Gasteiger partial charge in [0.1, 0.15) is 0 Å². The van der Waals surface area contributed by atoms with E-state index in [2.05, 4.69) is 30.3 Å². The highest BCUT2D eigenvalue weighted by atomic mass is 35.5. The van der Waals surface area contributed by atoms with Gasteiger partial charge in [-0.15, -0.1) is 11.3 Å². The molecule has 1 aromatic heterocycles. The van der Waals surface area contributed by atoms with Crippen molar-refractivity contribution in [3.63, 3.8) is 0 Å². The maximum absolute atomic E-state index is 5.86. The van der Waals surface area contributed by atoms with Crippen molar-refractivity contribution in [1.29, 1.82) is 0 Å². The maximum atomic E-state index is 5.86. The molecule has 0 saturated carbocycles. The SMILES string of the molecule is Clc1ccc(CCc2ccccc2)s1. The summed E-state index contributed by atoms with van der Waals surface area (Å²) in [7, 11) is 0. The molecule has 1 heterocycles. The lowest BCUT2D eigenvalue weighted by Gasteiger charge is -1.98. The molecule has 0 aliphatic rings. The second-order valence-electron chi connectivity index (χ2n) is 3.19. The first-order valence-electron chi connectivity index (χ1n) is 4.63. The van der Waals surface area contributed by atoms with Crippen molar-refractivity contribution < 1.29 is 0 Å². The van der Waals surface area contributed by atoms with E-state index < -0.39 is 0 Å². The van der Waals surface area contributed by atoms with Gasteiger partial charge in [-0.25, -0.2) is 0 Å². The van der Waals surface area contributed by atoms with E-state index in [4.69, 9.17) is 11.6 Å². The molecule has 0 aliphatic carbocycles. The van der Waals surface area contributed by atoms with E-state index >= 15 is 0 Å². The number of benzene rings is 1. The van der Waals surface area contributed by atoms with Crippen molar-refractivity contribution >= 4 is 22.9 Å². The molecule has 0 bridgehead atoms. The molecule has 72 valence electrons. The highest BCUT2D eigenvalue weighted by Crippen LogP contribution is 2.22. The molecule has 0 unspecified atom stereocenters. The summed E-state index contributed by atoms with van der Waals surface area (Å²) >= 11 is 7.53. The lowest BCUT2D eigenvalue weighted by Crippen LogP contribution is -1.87. The molecular formula is C12H11ClS. The minimum atomic E-state index is 0.882. The average molecular weight is 223 g/mol. The maximum Gasteiger partial charge on any atom is 0.0931 e. The number of hydrogen-bond donors (Lipinski definition) is 0. The number of rotatable bonds is 3. The predicted molar refractivity (Wildman–Crippen MR) is 63.2 cm³/mol. The largest absolute Gasteiger partial charge is 0.128 e. The Hall–Kier alpha value is -0.790. The molecule has 0 fully saturated rings. The van der Waals surface area contributed by atoms with Crippen LogP contribution in [0.4, 0.5) is 0 Å². The molecule has 0 N–H and O–H groups in total. The van der Waals surface area contributed by atoms with E-state index in [9.17, 15) is 0 Å². The minimum Gasteiger partial charge on any atom is -0.128 e. The third-order valence-corrected chi connectivity index (χ3v) is 3.42. The number of halogens is 1. The van der Waals surface area contributed by atoms with Crippen molar-refractivity contribution in [3.8, 4) is 0 Å². The van der Waals surface area contributed by atoms with Gasteiger partial charge in [-0.3, -0.25) is 0 Å². The Morgan fingerprint density at radius 3 is 2.36 bits per heavy atom. The first kappa shape index (κ1) is 9.75. The Balaban J connectivity index is 1.95. The summed E-state index contributed by atoms with van der Waals surface area (Å²) in [6.07, 6.45) is 2.18. The normalized spacial score (nSPS) is 10.4. The highest BCUT2D eigenvalue weighted by Gasteiger charge is 1.98. The van der Waals surface area contributed by atoms with Gasteiger partial charge in [-0.1, -0.05) is 41.9 Å². The second-order valence-corrected chi connectivity index (χ2v) is 4.99. The van der Waals surface area contributed by atoms with Crippen LogP contribution in [0.5, 0.6) is 0 Å². The average Bonchev–Trinajstić information content (AvgIpc) is 2.63. The summed E-state index contributed by atoms with van der Waals surface area (Å²) in [5.41, 5.74) is 1.39. The van der Waals surface area contributed by atoms with Crippen molar-refractivity contribution in [1.82, 2.24) is 0 Å². The molecule has 2 rings (SSSR count). The molecule has 2 heteroatoms. The van der Waals surface area contributed by atoms with Gasteiger partial charge in [-0.05, 0) is 30.5 Å². The summed E-state index contributed by atoms with van der Waals surface area (Å²) < 4.78 is 0.882. The Kier molecular flexibility index (Phi) is 3.22. The van der Waals surface area contributed by atoms with Gasteiger partial charge in [-0.2, -0.15) is 0 Å². The Labute approximate surface area is 93.2 Å². The quantitative estimate of drug-likeness (QED) is 0.731. The van der Waals surface area contributed by atoms with Gasteiger partial charge in [0, 0.05) is 4.88 Å². The zero-order valence-corrected chi connectivity index (χ0v) is 9.31. The van der Waals surface area contributed by atoms with Crippen LogP contribution in [0.15, 0.2) is 42.5 Å². The molecule has 0 saturated heterocycles. The van der Waals surface area contributed by atoms with Gasteiger partial charge in [0.15, 0.2) is 0 Å². The summed E-state index contributed by atoms with van der Waals surface area (Å²) in [5.74, 6) is 0. The Bertz CT molecular complexity index is 392. The molecule has 0 aliphatic heterocycles. The predicted octanol–water partition coefficient (Wildman–Crippen LogP) is 4.19. The first-order valence-corrected chi connectivity index (χ1v) is 5.82. The summed E-state index contributed by atoms with van der Waals surface area (Å²) in [4.78, 5) is 1.36.